The zero-order valence-corrected chi connectivity index (χ0v) is 14.4. The minimum absolute atomic E-state index is 0.104. The smallest absolute Gasteiger partial charge is 0.242 e. The largest absolute Gasteiger partial charge is 0.376 e. The van der Waals surface area contributed by atoms with Crippen LogP contribution in [0, 0.1) is 5.92 Å². The summed E-state index contributed by atoms with van der Waals surface area (Å²) in [7, 11) is 0. The average Bonchev–Trinajstić information content (AvgIpc) is 2.95. The monoisotopic (exact) mass is 344 g/mol. The first kappa shape index (κ1) is 17.6. The van der Waals surface area contributed by atoms with E-state index in [4.69, 9.17) is 4.74 Å². The molecule has 3 amide bonds. The standard InChI is InChI=1S/C19H24N2O4/c22-17-6-7-18(23)21(17)12-19(24)20-10-8-16(9-11-20)14-25-13-15-4-2-1-3-5-15/h1-5,16H,6-14H2. The van der Waals surface area contributed by atoms with Crippen molar-refractivity contribution in [2.24, 2.45) is 5.92 Å². The zero-order valence-electron chi connectivity index (χ0n) is 14.4. The molecule has 2 aliphatic rings. The fourth-order valence-corrected chi connectivity index (χ4v) is 3.30. The van der Waals surface area contributed by atoms with E-state index in [1.807, 2.05) is 30.3 Å². The highest BCUT2D eigenvalue weighted by atomic mass is 16.5. The number of likely N-dealkylation sites (tertiary alicyclic amines) is 2. The third kappa shape index (κ3) is 4.66. The molecule has 2 fully saturated rings. The molecule has 6 heteroatoms. The minimum Gasteiger partial charge on any atom is -0.376 e. The summed E-state index contributed by atoms with van der Waals surface area (Å²) >= 11 is 0. The second-order valence-electron chi connectivity index (χ2n) is 6.70. The highest BCUT2D eigenvalue weighted by Gasteiger charge is 2.32. The van der Waals surface area contributed by atoms with Gasteiger partial charge in [-0.2, -0.15) is 0 Å². The fourth-order valence-electron chi connectivity index (χ4n) is 3.30. The van der Waals surface area contributed by atoms with Crippen LogP contribution in [0.5, 0.6) is 0 Å². The highest BCUT2D eigenvalue weighted by Crippen LogP contribution is 2.19. The molecule has 3 rings (SSSR count). The number of hydrogen-bond donors (Lipinski definition) is 0. The molecule has 0 aliphatic carbocycles. The van der Waals surface area contributed by atoms with E-state index in [0.717, 1.165) is 23.3 Å². The highest BCUT2D eigenvalue weighted by molar-refractivity contribution is 6.04. The van der Waals surface area contributed by atoms with Gasteiger partial charge in [0.05, 0.1) is 6.61 Å². The van der Waals surface area contributed by atoms with Crippen molar-refractivity contribution >= 4 is 17.7 Å². The van der Waals surface area contributed by atoms with Crippen LogP contribution in [0.1, 0.15) is 31.2 Å². The molecule has 0 N–H and O–H groups in total. The Morgan fingerprint density at radius 3 is 2.32 bits per heavy atom. The van der Waals surface area contributed by atoms with E-state index in [1.54, 1.807) is 4.90 Å². The number of piperidine rings is 1. The second-order valence-corrected chi connectivity index (χ2v) is 6.70. The lowest BCUT2D eigenvalue weighted by Gasteiger charge is -2.32. The Kier molecular flexibility index (Phi) is 5.81. The maximum atomic E-state index is 12.3. The van der Waals surface area contributed by atoms with Crippen molar-refractivity contribution in [2.45, 2.75) is 32.3 Å². The summed E-state index contributed by atoms with van der Waals surface area (Å²) < 4.78 is 5.79. The summed E-state index contributed by atoms with van der Waals surface area (Å²) in [5.74, 6) is -0.153. The van der Waals surface area contributed by atoms with Gasteiger partial charge in [0.15, 0.2) is 0 Å². The van der Waals surface area contributed by atoms with Gasteiger partial charge in [-0.3, -0.25) is 19.3 Å². The van der Waals surface area contributed by atoms with Gasteiger partial charge >= 0.3 is 0 Å². The van der Waals surface area contributed by atoms with Gasteiger partial charge in [0, 0.05) is 32.5 Å². The molecular formula is C19H24N2O4. The van der Waals surface area contributed by atoms with Crippen LogP contribution < -0.4 is 0 Å². The molecule has 0 atom stereocenters. The third-order valence-corrected chi connectivity index (χ3v) is 4.88. The van der Waals surface area contributed by atoms with E-state index in [2.05, 4.69) is 0 Å². The van der Waals surface area contributed by atoms with Gasteiger partial charge in [0.2, 0.25) is 17.7 Å². The summed E-state index contributed by atoms with van der Waals surface area (Å²) in [4.78, 5) is 38.4. The van der Waals surface area contributed by atoms with Gasteiger partial charge in [-0.25, -0.2) is 0 Å². The Morgan fingerprint density at radius 1 is 1.04 bits per heavy atom. The molecule has 0 saturated carbocycles. The first-order valence-electron chi connectivity index (χ1n) is 8.86. The van der Waals surface area contributed by atoms with Crippen LogP contribution in [-0.4, -0.2) is 53.8 Å². The van der Waals surface area contributed by atoms with Crippen LogP contribution in [-0.2, 0) is 25.7 Å². The molecule has 0 radical (unpaired) electrons. The number of nitrogens with zero attached hydrogens (tertiary/aromatic N) is 2. The van der Waals surface area contributed by atoms with Gasteiger partial charge in [0.1, 0.15) is 6.54 Å². The molecule has 1 aromatic rings. The van der Waals surface area contributed by atoms with E-state index < -0.39 is 0 Å². The van der Waals surface area contributed by atoms with Crippen LogP contribution in [0.4, 0.5) is 0 Å². The van der Waals surface area contributed by atoms with Crippen LogP contribution >= 0.6 is 0 Å². The second kappa shape index (κ2) is 8.25. The van der Waals surface area contributed by atoms with Gasteiger partial charge in [0.25, 0.3) is 0 Å². The Morgan fingerprint density at radius 2 is 1.68 bits per heavy atom. The van der Waals surface area contributed by atoms with E-state index >= 15 is 0 Å². The van der Waals surface area contributed by atoms with E-state index in [1.165, 1.54) is 0 Å². The minimum atomic E-state index is -0.234. The number of hydrogen-bond acceptors (Lipinski definition) is 4. The summed E-state index contributed by atoms with van der Waals surface area (Å²) in [6.45, 7) is 2.52. The number of ether oxygens (including phenoxy) is 1. The van der Waals surface area contributed by atoms with Crippen molar-refractivity contribution < 1.29 is 19.1 Å². The van der Waals surface area contributed by atoms with Crippen molar-refractivity contribution in [3.63, 3.8) is 0 Å². The normalized spacial score (nSPS) is 18.9. The van der Waals surface area contributed by atoms with Gasteiger partial charge in [-0.1, -0.05) is 30.3 Å². The van der Waals surface area contributed by atoms with E-state index in [9.17, 15) is 14.4 Å². The van der Waals surface area contributed by atoms with Crippen LogP contribution in [0.25, 0.3) is 0 Å². The lowest BCUT2D eigenvalue weighted by Crippen LogP contribution is -2.45. The predicted octanol–water partition coefficient (Wildman–Crippen LogP) is 1.59. The van der Waals surface area contributed by atoms with Crippen LogP contribution in [0.15, 0.2) is 30.3 Å². The number of carbonyl (C=O) groups is 3. The predicted molar refractivity (Wildman–Crippen MR) is 91.4 cm³/mol. The Labute approximate surface area is 147 Å². The first-order valence-corrected chi connectivity index (χ1v) is 8.86. The zero-order chi connectivity index (χ0) is 17.6. The first-order chi connectivity index (χ1) is 12.1. The molecule has 2 heterocycles. The molecule has 0 aromatic heterocycles. The fraction of sp³-hybridized carbons (Fsp3) is 0.526. The lowest BCUT2D eigenvalue weighted by atomic mass is 9.98. The molecular weight excluding hydrogens is 320 g/mol. The van der Waals surface area contributed by atoms with Gasteiger partial charge in [-0.15, -0.1) is 0 Å². The molecule has 0 bridgehead atoms. The maximum absolute atomic E-state index is 12.3. The molecule has 1 aromatic carbocycles. The summed E-state index contributed by atoms with van der Waals surface area (Å²) in [5, 5.41) is 0. The molecule has 6 nitrogen and oxygen atoms in total. The Balaban J connectivity index is 1.37. The molecule has 0 spiro atoms. The number of carbonyl (C=O) groups excluding carboxylic acids is 3. The van der Waals surface area contributed by atoms with Crippen LogP contribution in [0.2, 0.25) is 0 Å². The van der Waals surface area contributed by atoms with Gasteiger partial charge < -0.3 is 9.64 Å². The lowest BCUT2D eigenvalue weighted by molar-refractivity contribution is -0.146. The summed E-state index contributed by atoms with van der Waals surface area (Å²) in [5.41, 5.74) is 1.16. The van der Waals surface area contributed by atoms with Crippen molar-refractivity contribution in [2.75, 3.05) is 26.2 Å². The van der Waals surface area contributed by atoms with Gasteiger partial charge in [-0.05, 0) is 24.3 Å². The summed E-state index contributed by atoms with van der Waals surface area (Å²) in [6.07, 6.45) is 2.24. The quantitative estimate of drug-likeness (QED) is 0.735. The number of amides is 3. The SMILES string of the molecule is O=C(CN1C(=O)CCC1=O)N1CCC(COCc2ccccc2)CC1. The van der Waals surface area contributed by atoms with Crippen molar-refractivity contribution in [3.8, 4) is 0 Å². The van der Waals surface area contributed by atoms with Crippen LogP contribution in [0.3, 0.4) is 0 Å². The Bertz CT molecular complexity index is 608. The molecule has 134 valence electrons. The van der Waals surface area contributed by atoms with Crippen molar-refractivity contribution in [1.82, 2.24) is 9.80 Å². The number of rotatable bonds is 6. The average molecular weight is 344 g/mol. The molecule has 0 unspecified atom stereocenters. The maximum Gasteiger partial charge on any atom is 0.242 e. The van der Waals surface area contributed by atoms with E-state index in [-0.39, 0.29) is 37.1 Å². The summed E-state index contributed by atoms with van der Waals surface area (Å²) in [6, 6.07) is 10.1. The molecule has 2 aliphatic heterocycles. The third-order valence-electron chi connectivity index (χ3n) is 4.88. The Hall–Kier alpha value is -2.21. The van der Waals surface area contributed by atoms with E-state index in [0.29, 0.717) is 32.2 Å². The number of imide groups is 1. The molecule has 2 saturated heterocycles. The topological polar surface area (TPSA) is 66.9 Å². The van der Waals surface area contributed by atoms with Crippen molar-refractivity contribution in [1.29, 1.82) is 0 Å². The molecule has 25 heavy (non-hydrogen) atoms. The number of benzene rings is 1. The van der Waals surface area contributed by atoms with Crippen molar-refractivity contribution in [3.05, 3.63) is 35.9 Å².